The summed E-state index contributed by atoms with van der Waals surface area (Å²) in [5.41, 5.74) is 6.95. The molecule has 0 spiro atoms. The first-order chi connectivity index (χ1) is 14.2. The summed E-state index contributed by atoms with van der Waals surface area (Å²) in [4.78, 5) is 0. The van der Waals surface area contributed by atoms with Crippen LogP contribution in [0.1, 0.15) is 67.7 Å². The average molecular weight is 495 g/mol. The highest BCUT2D eigenvalue weighted by Crippen LogP contribution is 2.40. The van der Waals surface area contributed by atoms with Gasteiger partial charge in [-0.25, -0.2) is 0 Å². The van der Waals surface area contributed by atoms with Crippen LogP contribution in [-0.4, -0.2) is 37.4 Å². The number of rotatable bonds is 8. The lowest BCUT2D eigenvalue weighted by Crippen LogP contribution is -2.44. The second-order valence-corrected chi connectivity index (χ2v) is 28.4. The predicted molar refractivity (Wildman–Crippen MR) is 152 cm³/mol. The standard InChI is InChI=1S/C27H54O2Si3/c1-22(16-15-19-28-31(11,12)26(2,3)4)25-20-24(29-32(13,14)27(5,6)7)18-17-23(25)21-30(8,9)10/h16,20-21,24H,15,17-19H2,1-14H3/b22-16+,23-21+. The van der Waals surface area contributed by atoms with E-state index in [1.807, 2.05) is 0 Å². The molecule has 0 radical (unpaired) electrons. The van der Waals surface area contributed by atoms with Crippen molar-refractivity contribution in [1.82, 2.24) is 0 Å². The van der Waals surface area contributed by atoms with Crippen molar-refractivity contribution in [1.29, 1.82) is 0 Å². The van der Waals surface area contributed by atoms with Crippen molar-refractivity contribution in [2.75, 3.05) is 6.61 Å². The van der Waals surface area contributed by atoms with E-state index in [4.69, 9.17) is 8.85 Å². The van der Waals surface area contributed by atoms with Gasteiger partial charge < -0.3 is 8.85 Å². The Bertz CT molecular complexity index is 723. The van der Waals surface area contributed by atoms with Crippen molar-refractivity contribution in [2.24, 2.45) is 0 Å². The molecule has 5 heteroatoms. The Morgan fingerprint density at radius 1 is 0.938 bits per heavy atom. The molecule has 0 bridgehead atoms. The number of allylic oxidation sites excluding steroid dienone is 3. The van der Waals surface area contributed by atoms with Gasteiger partial charge in [-0.15, -0.1) is 0 Å². The first-order valence-electron chi connectivity index (χ1n) is 12.6. The first kappa shape index (κ1) is 29.8. The molecule has 0 aliphatic heterocycles. The molecule has 32 heavy (non-hydrogen) atoms. The van der Waals surface area contributed by atoms with Gasteiger partial charge in [0.1, 0.15) is 0 Å². The lowest BCUT2D eigenvalue weighted by molar-refractivity contribution is 0.211. The molecule has 0 aromatic rings. The van der Waals surface area contributed by atoms with Crippen LogP contribution in [0.25, 0.3) is 0 Å². The third kappa shape index (κ3) is 8.86. The van der Waals surface area contributed by atoms with E-state index >= 15 is 0 Å². The minimum atomic E-state index is -1.79. The number of hydrogen-bond acceptors (Lipinski definition) is 2. The van der Waals surface area contributed by atoms with Crippen molar-refractivity contribution >= 4 is 24.7 Å². The summed E-state index contributed by atoms with van der Waals surface area (Å²) in [7, 11) is -4.76. The Morgan fingerprint density at radius 2 is 1.47 bits per heavy atom. The summed E-state index contributed by atoms with van der Waals surface area (Å²) in [5.74, 6) is 0. The lowest BCUT2D eigenvalue weighted by atomic mass is 9.88. The van der Waals surface area contributed by atoms with E-state index in [0.717, 1.165) is 25.9 Å². The highest BCUT2D eigenvalue weighted by molar-refractivity contribution is 6.81. The van der Waals surface area contributed by atoms with Crippen molar-refractivity contribution in [3.63, 3.8) is 0 Å². The molecule has 0 fully saturated rings. The smallest absolute Gasteiger partial charge is 0.192 e. The zero-order valence-electron chi connectivity index (χ0n) is 24.0. The van der Waals surface area contributed by atoms with E-state index in [2.05, 4.69) is 112 Å². The molecule has 1 aliphatic carbocycles. The maximum absolute atomic E-state index is 6.81. The Kier molecular flexibility index (Phi) is 9.87. The Hall–Kier alpha value is -0.209. The number of hydrogen-bond donors (Lipinski definition) is 0. The van der Waals surface area contributed by atoms with Crippen LogP contribution in [0.3, 0.4) is 0 Å². The fraction of sp³-hybridized carbons (Fsp3) is 0.778. The molecular formula is C27H54O2Si3. The van der Waals surface area contributed by atoms with Gasteiger partial charge in [-0.2, -0.15) is 0 Å². The quantitative estimate of drug-likeness (QED) is 0.247. The summed E-state index contributed by atoms with van der Waals surface area (Å²) in [6.07, 6.45) is 8.28. The van der Waals surface area contributed by atoms with E-state index in [-0.39, 0.29) is 16.2 Å². The van der Waals surface area contributed by atoms with Gasteiger partial charge in [0.05, 0.1) is 14.2 Å². The van der Waals surface area contributed by atoms with Gasteiger partial charge >= 0.3 is 0 Å². The largest absolute Gasteiger partial charge is 0.417 e. The van der Waals surface area contributed by atoms with Crippen LogP contribution < -0.4 is 0 Å². The summed E-state index contributed by atoms with van der Waals surface area (Å²) >= 11 is 0. The fourth-order valence-electron chi connectivity index (χ4n) is 3.43. The summed E-state index contributed by atoms with van der Waals surface area (Å²) in [6.45, 7) is 33.7. The molecule has 0 saturated carbocycles. The third-order valence-corrected chi connectivity index (χ3v) is 17.8. The van der Waals surface area contributed by atoms with Crippen LogP contribution in [0.4, 0.5) is 0 Å². The molecule has 0 heterocycles. The van der Waals surface area contributed by atoms with Crippen LogP contribution in [0.5, 0.6) is 0 Å². The summed E-state index contributed by atoms with van der Waals surface area (Å²) in [6, 6.07) is 0. The van der Waals surface area contributed by atoms with Crippen LogP contribution in [0.2, 0.25) is 55.9 Å². The maximum Gasteiger partial charge on any atom is 0.192 e. The van der Waals surface area contributed by atoms with E-state index < -0.39 is 24.7 Å². The third-order valence-electron chi connectivity index (χ3n) is 7.52. The second kappa shape index (κ2) is 10.6. The van der Waals surface area contributed by atoms with Crippen LogP contribution in [0, 0.1) is 0 Å². The molecule has 1 aliphatic rings. The van der Waals surface area contributed by atoms with E-state index in [1.165, 1.54) is 11.1 Å². The van der Waals surface area contributed by atoms with Crippen molar-refractivity contribution in [3.8, 4) is 0 Å². The molecule has 0 aromatic heterocycles. The Labute approximate surface area is 204 Å². The van der Waals surface area contributed by atoms with Gasteiger partial charge in [0.25, 0.3) is 0 Å². The SMILES string of the molecule is C/C(=C\CCO[Si](C)(C)C(C)(C)C)C1=CC(O[Si](C)(C)C(C)(C)C)CC/C1=C\[Si](C)(C)C. The molecular weight excluding hydrogens is 441 g/mol. The summed E-state index contributed by atoms with van der Waals surface area (Å²) < 4.78 is 13.2. The van der Waals surface area contributed by atoms with E-state index in [0.29, 0.717) is 0 Å². The molecule has 0 N–H and O–H groups in total. The van der Waals surface area contributed by atoms with Crippen LogP contribution in [0.15, 0.2) is 34.6 Å². The van der Waals surface area contributed by atoms with Crippen molar-refractivity contribution in [3.05, 3.63) is 34.6 Å². The molecule has 1 unspecified atom stereocenters. The van der Waals surface area contributed by atoms with Crippen molar-refractivity contribution in [2.45, 2.75) is 130 Å². The van der Waals surface area contributed by atoms with E-state index in [1.54, 1.807) is 5.57 Å². The van der Waals surface area contributed by atoms with Gasteiger partial charge in [-0.1, -0.05) is 73.0 Å². The monoisotopic (exact) mass is 494 g/mol. The molecule has 186 valence electrons. The molecule has 0 aromatic carbocycles. The average Bonchev–Trinajstić information content (AvgIpc) is 2.56. The van der Waals surface area contributed by atoms with Crippen LogP contribution >= 0.6 is 0 Å². The maximum atomic E-state index is 6.81. The Morgan fingerprint density at radius 3 is 1.94 bits per heavy atom. The van der Waals surface area contributed by atoms with Gasteiger partial charge in [-0.05, 0) is 85.2 Å². The zero-order chi connectivity index (χ0) is 25.2. The molecule has 0 amide bonds. The van der Waals surface area contributed by atoms with Gasteiger partial charge in [0.15, 0.2) is 16.6 Å². The van der Waals surface area contributed by atoms with Crippen LogP contribution in [-0.2, 0) is 8.85 Å². The minimum Gasteiger partial charge on any atom is -0.417 e. The zero-order valence-corrected chi connectivity index (χ0v) is 27.0. The lowest BCUT2D eigenvalue weighted by Gasteiger charge is -2.40. The van der Waals surface area contributed by atoms with Gasteiger partial charge in [0.2, 0.25) is 0 Å². The Balaban J connectivity index is 3.09. The fourth-order valence-corrected chi connectivity index (χ4v) is 7.13. The van der Waals surface area contributed by atoms with Gasteiger partial charge in [-0.3, -0.25) is 0 Å². The van der Waals surface area contributed by atoms with E-state index in [9.17, 15) is 0 Å². The second-order valence-electron chi connectivity index (χ2n) is 13.9. The molecule has 1 atom stereocenters. The first-order valence-corrected chi connectivity index (χ1v) is 22.0. The topological polar surface area (TPSA) is 18.5 Å². The minimum absolute atomic E-state index is 0.233. The summed E-state index contributed by atoms with van der Waals surface area (Å²) in [5, 5.41) is 0.501. The highest BCUT2D eigenvalue weighted by atomic mass is 28.4. The van der Waals surface area contributed by atoms with Gasteiger partial charge in [0, 0.05) is 6.61 Å². The molecule has 2 nitrogen and oxygen atoms in total. The van der Waals surface area contributed by atoms with Crippen molar-refractivity contribution < 1.29 is 8.85 Å². The molecule has 1 rings (SSSR count). The predicted octanol–water partition coefficient (Wildman–Crippen LogP) is 9.26. The highest BCUT2D eigenvalue weighted by Gasteiger charge is 2.39. The normalized spacial score (nSPS) is 21.2. The molecule has 0 saturated heterocycles.